The Morgan fingerprint density at radius 3 is 1.96 bits per heavy atom. The topological polar surface area (TPSA) is 90.0 Å². The number of piperidine rings is 1. The number of carbonyl (C=O) groups is 4. The molecule has 52 heavy (non-hydrogen) atoms. The van der Waals surface area contributed by atoms with E-state index in [4.69, 9.17) is 0 Å². The zero-order valence-corrected chi connectivity index (χ0v) is 34.2. The van der Waals surface area contributed by atoms with Crippen molar-refractivity contribution in [2.45, 2.75) is 120 Å². The van der Waals surface area contributed by atoms with Gasteiger partial charge in [0.25, 0.3) is 5.91 Å². The lowest BCUT2D eigenvalue weighted by Crippen LogP contribution is -2.40. The van der Waals surface area contributed by atoms with E-state index in [0.29, 0.717) is 48.0 Å². The molecule has 8 nitrogen and oxygen atoms in total. The van der Waals surface area contributed by atoms with Gasteiger partial charge in [-0.15, -0.1) is 0 Å². The fourth-order valence-electron chi connectivity index (χ4n) is 6.75. The maximum absolute atomic E-state index is 11.5. The van der Waals surface area contributed by atoms with Crippen molar-refractivity contribution in [3.8, 4) is 11.8 Å². The molecule has 290 valence electrons. The van der Waals surface area contributed by atoms with Gasteiger partial charge < -0.3 is 20.0 Å². The van der Waals surface area contributed by atoms with Crippen molar-refractivity contribution < 1.29 is 19.2 Å². The summed E-state index contributed by atoms with van der Waals surface area (Å²) in [6.45, 7) is 32.7. The van der Waals surface area contributed by atoms with Crippen molar-refractivity contribution in [2.75, 3.05) is 38.0 Å². The first kappa shape index (κ1) is 46.2. The smallest absolute Gasteiger partial charge is 0.298 e. The third-order valence-electron chi connectivity index (χ3n) is 10.3. The molecule has 0 aliphatic carbocycles. The van der Waals surface area contributed by atoms with Crippen LogP contribution >= 0.6 is 0 Å². The summed E-state index contributed by atoms with van der Waals surface area (Å²) in [4.78, 5) is 51.0. The molecule has 0 radical (unpaired) electrons. The molecule has 0 bridgehead atoms. The van der Waals surface area contributed by atoms with Crippen molar-refractivity contribution in [3.05, 3.63) is 55.1 Å². The van der Waals surface area contributed by atoms with Gasteiger partial charge in [0.2, 0.25) is 17.7 Å². The van der Waals surface area contributed by atoms with Crippen molar-refractivity contribution in [1.29, 1.82) is 0 Å². The van der Waals surface area contributed by atoms with Crippen molar-refractivity contribution >= 4 is 29.3 Å². The highest BCUT2D eigenvalue weighted by Gasteiger charge is 2.30. The van der Waals surface area contributed by atoms with Gasteiger partial charge in [0.05, 0.1) is 0 Å². The quantitative estimate of drug-likeness (QED) is 0.216. The summed E-state index contributed by atoms with van der Waals surface area (Å²) in [5.41, 5.74) is 2.04. The Hall–Kier alpha value is -3.86. The molecule has 3 aliphatic heterocycles. The number of likely N-dealkylation sites (tertiary alicyclic amines) is 3. The molecule has 4 amide bonds. The standard InChI is InChI=1S/C12H15NO.C11H21NO.C11H17NO.C10H17NO/c1-4-12(14)13-11-7-5-6-10(8-11)9(2)3;1-4-11(13)12-7-5-6-10(8-12)9(2)3;1-4-6-11(13)12-8-5-7-10(12)9(2)3;1-4-10(12)11-6-5-9(7-11)8(2)3/h4-9H,1H2,2-3H3,(H,13,14);9-10H,4-8H2,1-3H3;9-10H,5,7-8H2,1-3H3;4,8-9H,1,5-7H2,2-3H3. The normalized spacial score (nSPS) is 19.3. The molecule has 3 unspecified atom stereocenters. The zero-order valence-electron chi connectivity index (χ0n) is 34.2. The second kappa shape index (κ2) is 24.4. The fraction of sp³-hybridized carbons (Fsp3) is 0.636. The lowest BCUT2D eigenvalue weighted by atomic mass is 9.88. The van der Waals surface area contributed by atoms with Gasteiger partial charge in [-0.05, 0) is 110 Å². The largest absolute Gasteiger partial charge is 0.342 e. The van der Waals surface area contributed by atoms with Crippen LogP contribution in [0.15, 0.2) is 49.6 Å². The molecular weight excluding hydrogens is 649 g/mol. The Labute approximate surface area is 316 Å². The van der Waals surface area contributed by atoms with E-state index in [9.17, 15) is 19.2 Å². The molecule has 0 spiro atoms. The van der Waals surface area contributed by atoms with E-state index in [1.807, 2.05) is 45.9 Å². The number of hydrogen-bond donors (Lipinski definition) is 1. The lowest BCUT2D eigenvalue weighted by molar-refractivity contribution is -0.133. The van der Waals surface area contributed by atoms with E-state index in [0.717, 1.165) is 63.6 Å². The Balaban J connectivity index is 0.000000347. The van der Waals surface area contributed by atoms with Gasteiger partial charge in [-0.2, -0.15) is 0 Å². The number of rotatable bonds is 8. The van der Waals surface area contributed by atoms with E-state index >= 15 is 0 Å². The molecule has 4 rings (SSSR count). The monoisotopic (exact) mass is 719 g/mol. The second-order valence-electron chi connectivity index (χ2n) is 15.4. The van der Waals surface area contributed by atoms with Gasteiger partial charge in [0.15, 0.2) is 0 Å². The highest BCUT2D eigenvalue weighted by atomic mass is 16.2. The molecule has 0 aromatic heterocycles. The highest BCUT2D eigenvalue weighted by Crippen LogP contribution is 2.25. The number of carbonyl (C=O) groups excluding carboxylic acids is 4. The lowest BCUT2D eigenvalue weighted by Gasteiger charge is -2.34. The number of nitrogens with zero attached hydrogens (tertiary/aromatic N) is 3. The molecule has 0 saturated carbocycles. The van der Waals surface area contributed by atoms with Crippen LogP contribution in [0.1, 0.15) is 119 Å². The van der Waals surface area contributed by atoms with E-state index in [1.165, 1.54) is 30.6 Å². The average molecular weight is 719 g/mol. The molecule has 8 heteroatoms. The first-order valence-electron chi connectivity index (χ1n) is 19.6. The van der Waals surface area contributed by atoms with Gasteiger partial charge in [-0.25, -0.2) is 0 Å². The van der Waals surface area contributed by atoms with Crippen LogP contribution in [0.4, 0.5) is 5.69 Å². The third kappa shape index (κ3) is 16.2. The molecule has 3 saturated heterocycles. The van der Waals surface area contributed by atoms with Gasteiger partial charge in [-0.1, -0.05) is 93.5 Å². The minimum atomic E-state index is -0.175. The Morgan fingerprint density at radius 2 is 1.44 bits per heavy atom. The summed E-state index contributed by atoms with van der Waals surface area (Å²) in [5, 5.41) is 2.73. The molecule has 1 aromatic rings. The van der Waals surface area contributed by atoms with Crippen LogP contribution < -0.4 is 5.32 Å². The Kier molecular flexibility index (Phi) is 21.7. The predicted molar refractivity (Wildman–Crippen MR) is 217 cm³/mol. The molecule has 3 fully saturated rings. The Bertz CT molecular complexity index is 1360. The zero-order chi connectivity index (χ0) is 39.4. The van der Waals surface area contributed by atoms with Crippen molar-refractivity contribution in [2.24, 2.45) is 29.6 Å². The first-order valence-corrected chi connectivity index (χ1v) is 19.6. The van der Waals surface area contributed by atoms with Crippen LogP contribution in [-0.4, -0.2) is 77.1 Å². The minimum absolute atomic E-state index is 0.00120. The van der Waals surface area contributed by atoms with E-state index in [-0.39, 0.29) is 17.7 Å². The summed E-state index contributed by atoms with van der Waals surface area (Å²) < 4.78 is 0. The van der Waals surface area contributed by atoms with Gasteiger partial charge >= 0.3 is 0 Å². The molecule has 1 N–H and O–H groups in total. The van der Waals surface area contributed by atoms with Crippen molar-refractivity contribution in [1.82, 2.24) is 14.7 Å². The molecule has 3 atom stereocenters. The van der Waals surface area contributed by atoms with Crippen LogP contribution in [-0.2, 0) is 19.2 Å². The summed E-state index contributed by atoms with van der Waals surface area (Å²) in [5.74, 6) is 9.33. The average Bonchev–Trinajstić information content (AvgIpc) is 3.84. The van der Waals surface area contributed by atoms with Gasteiger partial charge in [0.1, 0.15) is 0 Å². The third-order valence-corrected chi connectivity index (χ3v) is 10.3. The minimum Gasteiger partial charge on any atom is -0.342 e. The Morgan fingerprint density at radius 1 is 0.827 bits per heavy atom. The second-order valence-corrected chi connectivity index (χ2v) is 15.4. The van der Waals surface area contributed by atoms with Gasteiger partial charge in [-0.3, -0.25) is 19.2 Å². The predicted octanol–water partition coefficient (Wildman–Crippen LogP) is 8.56. The number of amides is 4. The summed E-state index contributed by atoms with van der Waals surface area (Å²) in [6.07, 6.45) is 9.22. The summed E-state index contributed by atoms with van der Waals surface area (Å²) in [7, 11) is 0. The van der Waals surface area contributed by atoms with Gasteiger partial charge in [0, 0.05) is 50.9 Å². The number of anilines is 1. The van der Waals surface area contributed by atoms with Crippen LogP contribution in [0.5, 0.6) is 0 Å². The number of benzene rings is 1. The molecule has 3 aliphatic rings. The maximum Gasteiger partial charge on any atom is 0.298 e. The van der Waals surface area contributed by atoms with E-state index in [2.05, 4.69) is 85.7 Å². The van der Waals surface area contributed by atoms with Crippen LogP contribution in [0.2, 0.25) is 0 Å². The van der Waals surface area contributed by atoms with Crippen LogP contribution in [0.25, 0.3) is 0 Å². The maximum atomic E-state index is 11.5. The SMILES string of the molecule is C=CC(=O)N1CCC(C(C)C)C1.C=CC(=O)Nc1cccc(C(C)C)c1.CC#CC(=O)N1CCCC1C(C)C.CCC(=O)N1CCCC(C(C)C)C1. The van der Waals surface area contributed by atoms with Crippen LogP contribution in [0.3, 0.4) is 0 Å². The first-order chi connectivity index (χ1) is 24.6. The number of nitrogens with one attached hydrogen (secondary N) is 1. The highest BCUT2D eigenvalue weighted by molar-refractivity contribution is 5.98. The molecule has 1 aromatic carbocycles. The van der Waals surface area contributed by atoms with Crippen LogP contribution in [0, 0.1) is 41.4 Å². The molecular formula is C44H70N4O4. The fourth-order valence-corrected chi connectivity index (χ4v) is 6.75. The summed E-state index contributed by atoms with van der Waals surface area (Å²) in [6, 6.07) is 8.25. The molecule has 3 heterocycles. The van der Waals surface area contributed by atoms with Crippen molar-refractivity contribution in [3.63, 3.8) is 0 Å². The van der Waals surface area contributed by atoms with E-state index < -0.39 is 0 Å². The summed E-state index contributed by atoms with van der Waals surface area (Å²) >= 11 is 0. The van der Waals surface area contributed by atoms with E-state index in [1.54, 1.807) is 6.92 Å². The number of hydrogen-bond acceptors (Lipinski definition) is 4.